The third-order valence-corrected chi connectivity index (χ3v) is 3.32. The van der Waals surface area contributed by atoms with Gasteiger partial charge in [-0.25, -0.2) is 4.79 Å². The number of hydrogen-bond donors (Lipinski definition) is 1. The van der Waals surface area contributed by atoms with Gasteiger partial charge in [-0.15, -0.1) is 12.4 Å². The van der Waals surface area contributed by atoms with Gasteiger partial charge in [0.15, 0.2) is 5.58 Å². The summed E-state index contributed by atoms with van der Waals surface area (Å²) >= 11 is 0. The highest BCUT2D eigenvalue weighted by Gasteiger charge is 2.31. The summed E-state index contributed by atoms with van der Waals surface area (Å²) in [6.07, 6.45) is 2.56. The van der Waals surface area contributed by atoms with Crippen molar-refractivity contribution in [1.29, 1.82) is 0 Å². The van der Waals surface area contributed by atoms with Crippen LogP contribution in [0.15, 0.2) is 28.7 Å². The van der Waals surface area contributed by atoms with Crippen LogP contribution in [0.4, 0.5) is 6.01 Å². The number of anilines is 1. The highest BCUT2D eigenvalue weighted by molar-refractivity contribution is 5.85. The second-order valence-electron chi connectivity index (χ2n) is 4.51. The number of carbonyl (C=O) groups is 1. The number of oxazole rings is 1. The van der Waals surface area contributed by atoms with E-state index in [1.165, 1.54) is 0 Å². The normalized spacial score (nSPS) is 19.2. The summed E-state index contributed by atoms with van der Waals surface area (Å²) in [6.45, 7) is 0.684. The molecule has 2 aromatic rings. The maximum absolute atomic E-state index is 11.2. The molecule has 2 heterocycles. The number of piperidine rings is 1. The summed E-state index contributed by atoms with van der Waals surface area (Å²) in [5.41, 5.74) is 1.46. The molecule has 0 spiro atoms. The summed E-state index contributed by atoms with van der Waals surface area (Å²) in [5, 5.41) is 9.23. The molecule has 102 valence electrons. The zero-order valence-corrected chi connectivity index (χ0v) is 11.1. The maximum Gasteiger partial charge on any atom is 0.326 e. The van der Waals surface area contributed by atoms with E-state index in [1.54, 1.807) is 4.90 Å². The number of aliphatic carboxylic acids is 1. The minimum Gasteiger partial charge on any atom is -0.480 e. The second-order valence-corrected chi connectivity index (χ2v) is 4.51. The Labute approximate surface area is 116 Å². The maximum atomic E-state index is 11.2. The fourth-order valence-electron chi connectivity index (χ4n) is 2.40. The van der Waals surface area contributed by atoms with Crippen molar-refractivity contribution in [2.24, 2.45) is 0 Å². The van der Waals surface area contributed by atoms with E-state index in [0.29, 0.717) is 24.6 Å². The van der Waals surface area contributed by atoms with E-state index in [9.17, 15) is 9.90 Å². The van der Waals surface area contributed by atoms with Gasteiger partial charge >= 0.3 is 5.97 Å². The molecule has 0 saturated carbocycles. The average Bonchev–Trinajstić information content (AvgIpc) is 2.82. The van der Waals surface area contributed by atoms with Crippen molar-refractivity contribution < 1.29 is 14.3 Å². The Morgan fingerprint density at radius 2 is 2.16 bits per heavy atom. The van der Waals surface area contributed by atoms with Gasteiger partial charge in [0.2, 0.25) is 0 Å². The van der Waals surface area contributed by atoms with Crippen molar-refractivity contribution in [1.82, 2.24) is 4.98 Å². The molecule has 1 unspecified atom stereocenters. The Morgan fingerprint density at radius 1 is 1.37 bits per heavy atom. The summed E-state index contributed by atoms with van der Waals surface area (Å²) in [7, 11) is 0. The number of carboxylic acid groups (broad SMARTS) is 1. The quantitative estimate of drug-likeness (QED) is 0.917. The number of halogens is 1. The molecule has 0 bridgehead atoms. The van der Waals surface area contributed by atoms with Gasteiger partial charge in [-0.3, -0.25) is 0 Å². The standard InChI is InChI=1S/C13H14N2O3.ClH/c16-12(17)10-6-3-4-8-15(10)13-14-9-5-1-2-7-11(9)18-13;/h1-2,5,7,10H,3-4,6,8H2,(H,16,17);1H. The van der Waals surface area contributed by atoms with E-state index in [1.807, 2.05) is 24.3 Å². The molecule has 1 aromatic carbocycles. The number of para-hydroxylation sites is 2. The molecule has 6 heteroatoms. The minimum absolute atomic E-state index is 0. The Bertz CT molecular complexity index is 551. The molecule has 1 aliphatic heterocycles. The monoisotopic (exact) mass is 282 g/mol. The first kappa shape index (κ1) is 13.7. The lowest BCUT2D eigenvalue weighted by molar-refractivity contribution is -0.139. The highest BCUT2D eigenvalue weighted by atomic mass is 35.5. The molecule has 1 aromatic heterocycles. The zero-order valence-electron chi connectivity index (χ0n) is 10.3. The number of benzene rings is 1. The van der Waals surface area contributed by atoms with Crippen LogP contribution in [0.25, 0.3) is 11.1 Å². The molecule has 1 fully saturated rings. The Morgan fingerprint density at radius 3 is 2.89 bits per heavy atom. The summed E-state index contributed by atoms with van der Waals surface area (Å²) in [5.74, 6) is -0.808. The van der Waals surface area contributed by atoms with Crippen molar-refractivity contribution >= 4 is 35.5 Å². The lowest BCUT2D eigenvalue weighted by Gasteiger charge is -2.31. The highest BCUT2D eigenvalue weighted by Crippen LogP contribution is 2.27. The Balaban J connectivity index is 0.00000133. The Kier molecular flexibility index (Phi) is 3.95. The van der Waals surface area contributed by atoms with Gasteiger partial charge in [0, 0.05) is 6.54 Å². The lowest BCUT2D eigenvalue weighted by Crippen LogP contribution is -2.44. The molecule has 19 heavy (non-hydrogen) atoms. The minimum atomic E-state index is -0.808. The summed E-state index contributed by atoms with van der Waals surface area (Å²) < 4.78 is 5.64. The van der Waals surface area contributed by atoms with Gasteiger partial charge in [-0.1, -0.05) is 12.1 Å². The number of aromatic nitrogens is 1. The molecule has 1 atom stereocenters. The summed E-state index contributed by atoms with van der Waals surface area (Å²) in [4.78, 5) is 17.4. The van der Waals surface area contributed by atoms with Crippen LogP contribution < -0.4 is 4.90 Å². The van der Waals surface area contributed by atoms with Gasteiger partial charge in [-0.05, 0) is 31.4 Å². The van der Waals surface area contributed by atoms with Crippen molar-refractivity contribution in [3.8, 4) is 0 Å². The fraction of sp³-hybridized carbons (Fsp3) is 0.385. The molecule has 1 aliphatic rings. The van der Waals surface area contributed by atoms with Gasteiger partial charge < -0.3 is 14.4 Å². The van der Waals surface area contributed by atoms with E-state index in [4.69, 9.17) is 4.42 Å². The number of fused-ring (bicyclic) bond motifs is 1. The summed E-state index contributed by atoms with van der Waals surface area (Å²) in [6, 6.07) is 7.37. The fourth-order valence-corrected chi connectivity index (χ4v) is 2.40. The predicted octanol–water partition coefficient (Wildman–Crippen LogP) is 2.69. The van der Waals surface area contributed by atoms with Crippen molar-refractivity contribution in [2.75, 3.05) is 11.4 Å². The smallest absolute Gasteiger partial charge is 0.326 e. The SMILES string of the molecule is Cl.O=C(O)C1CCCCN1c1nc2ccccc2o1. The molecular weight excluding hydrogens is 268 g/mol. The third-order valence-electron chi connectivity index (χ3n) is 3.32. The molecule has 0 aliphatic carbocycles. The average molecular weight is 283 g/mol. The van der Waals surface area contributed by atoms with Gasteiger partial charge in [0.25, 0.3) is 6.01 Å². The van der Waals surface area contributed by atoms with Crippen molar-refractivity contribution in [2.45, 2.75) is 25.3 Å². The van der Waals surface area contributed by atoms with E-state index >= 15 is 0 Å². The predicted molar refractivity (Wildman–Crippen MR) is 73.9 cm³/mol. The first-order chi connectivity index (χ1) is 8.75. The molecule has 0 radical (unpaired) electrons. The van der Waals surface area contributed by atoms with E-state index in [0.717, 1.165) is 18.4 Å². The first-order valence-corrected chi connectivity index (χ1v) is 6.11. The van der Waals surface area contributed by atoms with Crippen LogP contribution in [0.1, 0.15) is 19.3 Å². The topological polar surface area (TPSA) is 66.6 Å². The van der Waals surface area contributed by atoms with Gasteiger partial charge in [-0.2, -0.15) is 4.98 Å². The number of carboxylic acids is 1. The van der Waals surface area contributed by atoms with Crippen LogP contribution >= 0.6 is 12.4 Å². The van der Waals surface area contributed by atoms with E-state index < -0.39 is 12.0 Å². The molecule has 5 nitrogen and oxygen atoms in total. The van der Waals surface area contributed by atoms with Crippen LogP contribution in [0, 0.1) is 0 Å². The molecule has 1 saturated heterocycles. The number of rotatable bonds is 2. The molecule has 1 N–H and O–H groups in total. The zero-order chi connectivity index (χ0) is 12.5. The third kappa shape index (κ3) is 2.51. The second kappa shape index (κ2) is 5.48. The van der Waals surface area contributed by atoms with Crippen LogP contribution in [0.3, 0.4) is 0 Å². The van der Waals surface area contributed by atoms with Gasteiger partial charge in [0.1, 0.15) is 11.6 Å². The van der Waals surface area contributed by atoms with Crippen LogP contribution in [-0.4, -0.2) is 28.6 Å². The Hall–Kier alpha value is -1.75. The van der Waals surface area contributed by atoms with E-state index in [2.05, 4.69) is 4.98 Å². The largest absolute Gasteiger partial charge is 0.480 e. The van der Waals surface area contributed by atoms with Crippen LogP contribution in [0.2, 0.25) is 0 Å². The molecule has 3 rings (SSSR count). The van der Waals surface area contributed by atoms with Crippen LogP contribution in [-0.2, 0) is 4.79 Å². The van der Waals surface area contributed by atoms with Crippen molar-refractivity contribution in [3.05, 3.63) is 24.3 Å². The van der Waals surface area contributed by atoms with Gasteiger partial charge in [0.05, 0.1) is 0 Å². The number of nitrogens with zero attached hydrogens (tertiary/aromatic N) is 2. The van der Waals surface area contributed by atoms with Crippen LogP contribution in [0.5, 0.6) is 0 Å². The van der Waals surface area contributed by atoms with Crippen molar-refractivity contribution in [3.63, 3.8) is 0 Å². The number of hydrogen-bond acceptors (Lipinski definition) is 4. The lowest BCUT2D eigenvalue weighted by atomic mass is 10.0. The van der Waals surface area contributed by atoms with E-state index in [-0.39, 0.29) is 12.4 Å². The molecular formula is C13H15ClN2O3. The molecule has 0 amide bonds. The first-order valence-electron chi connectivity index (χ1n) is 6.11.